The van der Waals surface area contributed by atoms with E-state index in [9.17, 15) is 14.4 Å². The summed E-state index contributed by atoms with van der Waals surface area (Å²) in [5.41, 5.74) is 5.02. The van der Waals surface area contributed by atoms with E-state index in [0.29, 0.717) is 37.1 Å². The summed E-state index contributed by atoms with van der Waals surface area (Å²) in [5.74, 6) is -0.409. The third-order valence-electron chi connectivity index (χ3n) is 8.36. The molecule has 1 aromatic carbocycles. The van der Waals surface area contributed by atoms with Gasteiger partial charge in [-0.25, -0.2) is 0 Å². The minimum atomic E-state index is -1.14. The Balaban J connectivity index is 1.40. The molecular weight excluding hydrogens is 530 g/mol. The number of hydrogen-bond donors (Lipinski definition) is 0. The lowest BCUT2D eigenvalue weighted by Crippen LogP contribution is -2.47. The van der Waals surface area contributed by atoms with E-state index in [1.165, 1.54) is 0 Å². The van der Waals surface area contributed by atoms with Crippen LogP contribution in [0.2, 0.25) is 0 Å². The highest BCUT2D eigenvalue weighted by atomic mass is 16.3. The van der Waals surface area contributed by atoms with Gasteiger partial charge in [0, 0.05) is 57.7 Å². The van der Waals surface area contributed by atoms with Gasteiger partial charge in [-0.05, 0) is 76.4 Å². The van der Waals surface area contributed by atoms with Gasteiger partial charge in [0.25, 0.3) is 5.56 Å². The van der Waals surface area contributed by atoms with Crippen LogP contribution in [-0.2, 0) is 29.1 Å². The van der Waals surface area contributed by atoms with Crippen molar-refractivity contribution in [3.63, 3.8) is 0 Å². The van der Waals surface area contributed by atoms with E-state index in [-0.39, 0.29) is 17.4 Å². The van der Waals surface area contributed by atoms with Crippen LogP contribution in [0.15, 0.2) is 64.3 Å². The molecule has 1 aliphatic heterocycles. The Hall–Kier alpha value is -4.24. The third-order valence-corrected chi connectivity index (χ3v) is 8.36. The van der Waals surface area contributed by atoms with Gasteiger partial charge in [-0.1, -0.05) is 12.1 Å². The molecule has 0 radical (unpaired) electrons. The summed E-state index contributed by atoms with van der Waals surface area (Å²) in [5, 5.41) is 0.591. The second-order valence-corrected chi connectivity index (χ2v) is 11.6. The quantitative estimate of drug-likeness (QED) is 0.271. The van der Waals surface area contributed by atoms with Crippen molar-refractivity contribution in [3.05, 3.63) is 87.8 Å². The normalized spacial score (nSPS) is 15.0. The first-order valence-electron chi connectivity index (χ1n) is 14.5. The van der Waals surface area contributed by atoms with E-state index in [1.807, 2.05) is 50.5 Å². The average molecular weight is 570 g/mol. The van der Waals surface area contributed by atoms with E-state index in [4.69, 9.17) is 4.42 Å². The molecule has 0 unspecified atom stereocenters. The number of nitrogens with zero attached hydrogens (tertiary/aromatic N) is 5. The van der Waals surface area contributed by atoms with Gasteiger partial charge < -0.3 is 18.8 Å². The standard InChI is InChI=1S/C33H39N5O4/c1-7-38-27-11-10-24(19-28(27)35(6)31(40)33(4,5)32(38)41)12-15-36(21-26-22(2)9-8-14-34-26)16-17-37-20-23(3)29-25(30(37)39)13-18-42-29/h8-11,13-14,18-20H,7,12,15-17,21H2,1-6H3. The molecule has 9 nitrogen and oxygen atoms in total. The Morgan fingerprint density at radius 1 is 0.976 bits per heavy atom. The number of benzene rings is 1. The minimum Gasteiger partial charge on any atom is -0.464 e. The predicted molar refractivity (Wildman–Crippen MR) is 165 cm³/mol. The van der Waals surface area contributed by atoms with Gasteiger partial charge in [0.2, 0.25) is 11.8 Å². The lowest BCUT2D eigenvalue weighted by atomic mass is 9.90. The molecule has 0 aliphatic carbocycles. The van der Waals surface area contributed by atoms with E-state index in [0.717, 1.165) is 46.7 Å². The second kappa shape index (κ2) is 11.6. The number of pyridine rings is 2. The van der Waals surface area contributed by atoms with Crippen molar-refractivity contribution >= 4 is 34.2 Å². The average Bonchev–Trinajstić information content (AvgIpc) is 3.47. The summed E-state index contributed by atoms with van der Waals surface area (Å²) in [6, 6.07) is 11.7. The van der Waals surface area contributed by atoms with E-state index in [2.05, 4.69) is 22.9 Å². The number of rotatable bonds is 9. The van der Waals surface area contributed by atoms with Crippen LogP contribution in [0.1, 0.15) is 43.2 Å². The van der Waals surface area contributed by atoms with Crippen molar-refractivity contribution in [3.8, 4) is 0 Å². The number of anilines is 2. The monoisotopic (exact) mass is 569 g/mol. The molecule has 42 heavy (non-hydrogen) atoms. The zero-order chi connectivity index (χ0) is 30.2. The topological polar surface area (TPSA) is 91.9 Å². The Labute approximate surface area is 246 Å². The van der Waals surface area contributed by atoms with Crippen molar-refractivity contribution in [1.82, 2.24) is 14.5 Å². The van der Waals surface area contributed by atoms with Gasteiger partial charge in [-0.3, -0.25) is 24.3 Å². The van der Waals surface area contributed by atoms with Crippen LogP contribution in [0.4, 0.5) is 11.4 Å². The number of amides is 2. The Kier molecular flexibility index (Phi) is 8.06. The zero-order valence-electron chi connectivity index (χ0n) is 25.3. The number of aromatic nitrogens is 2. The molecule has 3 aromatic heterocycles. The van der Waals surface area contributed by atoms with Gasteiger partial charge in [-0.15, -0.1) is 0 Å². The first-order valence-corrected chi connectivity index (χ1v) is 14.5. The summed E-state index contributed by atoms with van der Waals surface area (Å²) in [4.78, 5) is 49.9. The maximum Gasteiger partial charge on any atom is 0.261 e. The van der Waals surface area contributed by atoms with Crippen molar-refractivity contribution in [1.29, 1.82) is 0 Å². The Bertz CT molecular complexity index is 1700. The Morgan fingerprint density at radius 2 is 1.76 bits per heavy atom. The molecule has 5 rings (SSSR count). The molecule has 0 bridgehead atoms. The molecule has 4 aromatic rings. The maximum absolute atomic E-state index is 13.3. The molecule has 0 saturated carbocycles. The molecular formula is C33H39N5O4. The fraction of sp³-hybridized carbons (Fsp3) is 0.394. The summed E-state index contributed by atoms with van der Waals surface area (Å²) in [6.07, 6.45) is 5.95. The fourth-order valence-corrected chi connectivity index (χ4v) is 5.76. The smallest absolute Gasteiger partial charge is 0.261 e. The van der Waals surface area contributed by atoms with Crippen molar-refractivity contribution in [2.24, 2.45) is 5.41 Å². The van der Waals surface area contributed by atoms with Crippen LogP contribution in [0.3, 0.4) is 0 Å². The number of hydrogen-bond acceptors (Lipinski definition) is 6. The van der Waals surface area contributed by atoms with Crippen molar-refractivity contribution in [2.45, 2.75) is 54.1 Å². The molecule has 9 heteroatoms. The van der Waals surface area contributed by atoms with Gasteiger partial charge in [-0.2, -0.15) is 0 Å². The lowest BCUT2D eigenvalue weighted by molar-refractivity contribution is -0.137. The van der Waals surface area contributed by atoms with E-state index in [1.54, 1.807) is 47.6 Å². The first-order chi connectivity index (χ1) is 20.0. The Morgan fingerprint density at radius 3 is 2.50 bits per heavy atom. The van der Waals surface area contributed by atoms with Gasteiger partial charge in [0.15, 0.2) is 0 Å². The molecule has 2 amide bonds. The fourth-order valence-electron chi connectivity index (χ4n) is 5.76. The second-order valence-electron chi connectivity index (χ2n) is 11.6. The van der Waals surface area contributed by atoms with Crippen LogP contribution < -0.4 is 15.4 Å². The predicted octanol–water partition coefficient (Wildman–Crippen LogP) is 4.71. The number of aryl methyl sites for hydroxylation is 2. The van der Waals surface area contributed by atoms with Crippen LogP contribution in [0.25, 0.3) is 11.0 Å². The van der Waals surface area contributed by atoms with Crippen LogP contribution in [0.5, 0.6) is 0 Å². The van der Waals surface area contributed by atoms with Crippen LogP contribution in [0, 0.1) is 19.3 Å². The summed E-state index contributed by atoms with van der Waals surface area (Å²) >= 11 is 0. The minimum absolute atomic E-state index is 0.0604. The van der Waals surface area contributed by atoms with Crippen LogP contribution >= 0.6 is 0 Å². The molecule has 0 fully saturated rings. The van der Waals surface area contributed by atoms with E-state index >= 15 is 0 Å². The largest absolute Gasteiger partial charge is 0.464 e. The number of fused-ring (bicyclic) bond motifs is 2. The highest BCUT2D eigenvalue weighted by Gasteiger charge is 2.45. The summed E-state index contributed by atoms with van der Waals surface area (Å²) < 4.78 is 7.26. The molecule has 1 aliphatic rings. The number of furan rings is 1. The lowest BCUT2D eigenvalue weighted by Gasteiger charge is -2.27. The van der Waals surface area contributed by atoms with E-state index < -0.39 is 5.41 Å². The first kappa shape index (κ1) is 29.3. The van der Waals surface area contributed by atoms with Gasteiger partial charge in [0.1, 0.15) is 11.0 Å². The van der Waals surface area contributed by atoms with Crippen LogP contribution in [-0.4, -0.2) is 52.9 Å². The number of carbonyl (C=O) groups is 2. The molecule has 0 N–H and O–H groups in total. The SMILES string of the molecule is CCN1C(=O)C(C)(C)C(=O)N(C)c2cc(CCN(CCn3cc(C)c4occc4c3=O)Cc3ncccc3C)ccc21. The van der Waals surface area contributed by atoms with Crippen molar-refractivity contribution < 1.29 is 14.0 Å². The molecule has 0 atom stereocenters. The summed E-state index contributed by atoms with van der Waals surface area (Å²) in [7, 11) is 1.74. The van der Waals surface area contributed by atoms with Crippen molar-refractivity contribution in [2.75, 3.05) is 36.5 Å². The van der Waals surface area contributed by atoms with Gasteiger partial charge in [0.05, 0.1) is 28.7 Å². The summed E-state index contributed by atoms with van der Waals surface area (Å²) in [6.45, 7) is 12.3. The number of carbonyl (C=O) groups excluding carboxylic acids is 2. The van der Waals surface area contributed by atoms with Gasteiger partial charge >= 0.3 is 0 Å². The highest BCUT2D eigenvalue weighted by molar-refractivity contribution is 6.19. The molecule has 220 valence electrons. The maximum atomic E-state index is 13.3. The highest BCUT2D eigenvalue weighted by Crippen LogP contribution is 2.38. The zero-order valence-corrected chi connectivity index (χ0v) is 25.3. The molecule has 4 heterocycles. The third kappa shape index (κ3) is 5.36. The molecule has 0 saturated heterocycles. The molecule has 0 spiro atoms.